The Hall–Kier alpha value is -2.55. The molecule has 134 valence electrons. The minimum Gasteiger partial charge on any atom is -0.353 e. The summed E-state index contributed by atoms with van der Waals surface area (Å²) in [5, 5.41) is 11.4. The van der Waals surface area contributed by atoms with Gasteiger partial charge >= 0.3 is 0 Å². The average Bonchev–Trinajstić information content (AvgIpc) is 2.66. The van der Waals surface area contributed by atoms with Crippen LogP contribution in [0.5, 0.6) is 0 Å². The Morgan fingerprint density at radius 1 is 1.08 bits per heavy atom. The van der Waals surface area contributed by atoms with Crippen molar-refractivity contribution >= 4 is 17.7 Å². The third-order valence-corrected chi connectivity index (χ3v) is 4.05. The van der Waals surface area contributed by atoms with Crippen LogP contribution in [-0.4, -0.2) is 83.4 Å². The van der Waals surface area contributed by atoms with Gasteiger partial charge in [0, 0.05) is 45.1 Å². The van der Waals surface area contributed by atoms with Crippen LogP contribution >= 0.6 is 0 Å². The minimum absolute atomic E-state index is 0.588. The highest BCUT2D eigenvalue weighted by molar-refractivity contribution is 5.43. The number of hydrogen-bond donors (Lipinski definition) is 1. The highest BCUT2D eigenvalue weighted by Crippen LogP contribution is 2.16. The lowest BCUT2D eigenvalue weighted by molar-refractivity contribution is 0.405. The molecule has 1 fully saturated rings. The molecule has 0 amide bonds. The molecule has 1 saturated heterocycles. The van der Waals surface area contributed by atoms with Crippen LogP contribution in [0.2, 0.25) is 0 Å². The second kappa shape index (κ2) is 8.52. The Labute approximate surface area is 148 Å². The molecular formula is C16H25N9. The highest BCUT2D eigenvalue weighted by Gasteiger charge is 2.20. The summed E-state index contributed by atoms with van der Waals surface area (Å²) in [6.07, 6.45) is 6.31. The number of hydrogen-bond acceptors (Lipinski definition) is 9. The first-order valence-corrected chi connectivity index (χ1v) is 8.57. The smallest absolute Gasteiger partial charge is 0.244 e. The molecule has 0 saturated carbocycles. The lowest BCUT2D eigenvalue weighted by atomic mass is 10.3. The van der Waals surface area contributed by atoms with Gasteiger partial charge in [-0.2, -0.15) is 10.1 Å². The lowest BCUT2D eigenvalue weighted by Gasteiger charge is -2.35. The van der Waals surface area contributed by atoms with Crippen LogP contribution < -0.4 is 15.1 Å². The molecule has 0 spiro atoms. The molecule has 25 heavy (non-hydrogen) atoms. The van der Waals surface area contributed by atoms with Gasteiger partial charge in [-0.1, -0.05) is 0 Å². The predicted octanol–water partition coefficient (Wildman–Crippen LogP) is 0.352. The standard InChI is InChI=1S/C16H25N9/c1-23(2)8-4-7-17-15-21-14(13-20-22-15)24-9-11-25(12-10-24)16-18-5-3-6-19-16/h3,5-6,13H,4,7-12H2,1-2H3,(H,17,21,22). The van der Waals surface area contributed by atoms with Crippen molar-refractivity contribution in [3.05, 3.63) is 24.7 Å². The monoisotopic (exact) mass is 343 g/mol. The predicted molar refractivity (Wildman–Crippen MR) is 97.9 cm³/mol. The zero-order chi connectivity index (χ0) is 17.5. The van der Waals surface area contributed by atoms with E-state index in [1.807, 2.05) is 6.07 Å². The van der Waals surface area contributed by atoms with Crippen LogP contribution in [0.15, 0.2) is 24.7 Å². The fraction of sp³-hybridized carbons (Fsp3) is 0.562. The lowest BCUT2D eigenvalue weighted by Crippen LogP contribution is -2.47. The Balaban J connectivity index is 1.52. The number of piperazine rings is 1. The maximum absolute atomic E-state index is 4.59. The molecule has 2 aromatic heterocycles. The van der Waals surface area contributed by atoms with Crippen LogP contribution in [0.4, 0.5) is 17.7 Å². The molecule has 0 bridgehead atoms. The molecule has 1 aliphatic heterocycles. The summed E-state index contributed by atoms with van der Waals surface area (Å²) in [7, 11) is 4.14. The fourth-order valence-corrected chi connectivity index (χ4v) is 2.71. The van der Waals surface area contributed by atoms with Crippen molar-refractivity contribution in [1.82, 2.24) is 30.0 Å². The number of anilines is 3. The van der Waals surface area contributed by atoms with E-state index in [2.05, 4.69) is 59.3 Å². The Morgan fingerprint density at radius 3 is 2.52 bits per heavy atom. The van der Waals surface area contributed by atoms with E-state index in [1.54, 1.807) is 18.6 Å². The molecule has 0 aliphatic carbocycles. The van der Waals surface area contributed by atoms with Gasteiger partial charge in [0.1, 0.15) is 0 Å². The fourth-order valence-electron chi connectivity index (χ4n) is 2.71. The second-order valence-electron chi connectivity index (χ2n) is 6.24. The van der Waals surface area contributed by atoms with Gasteiger partial charge in [-0.25, -0.2) is 9.97 Å². The zero-order valence-electron chi connectivity index (χ0n) is 14.8. The molecule has 2 aromatic rings. The Bertz CT molecular complexity index is 641. The minimum atomic E-state index is 0.588. The van der Waals surface area contributed by atoms with Crippen LogP contribution in [0, 0.1) is 0 Å². The van der Waals surface area contributed by atoms with E-state index < -0.39 is 0 Å². The maximum atomic E-state index is 4.59. The number of rotatable bonds is 7. The molecule has 0 atom stereocenters. The van der Waals surface area contributed by atoms with Gasteiger partial charge in [0.15, 0.2) is 5.82 Å². The van der Waals surface area contributed by atoms with Crippen molar-refractivity contribution in [1.29, 1.82) is 0 Å². The summed E-state index contributed by atoms with van der Waals surface area (Å²) in [4.78, 5) is 19.8. The summed E-state index contributed by atoms with van der Waals surface area (Å²) >= 11 is 0. The van der Waals surface area contributed by atoms with Crippen LogP contribution in [0.1, 0.15) is 6.42 Å². The van der Waals surface area contributed by atoms with Crippen molar-refractivity contribution in [2.45, 2.75) is 6.42 Å². The van der Waals surface area contributed by atoms with Crippen LogP contribution in [0.3, 0.4) is 0 Å². The van der Waals surface area contributed by atoms with Gasteiger partial charge < -0.3 is 20.0 Å². The van der Waals surface area contributed by atoms with E-state index in [-0.39, 0.29) is 0 Å². The first kappa shape index (κ1) is 17.3. The Morgan fingerprint density at radius 2 is 1.80 bits per heavy atom. The quantitative estimate of drug-likeness (QED) is 0.716. The number of nitrogens with zero attached hydrogens (tertiary/aromatic N) is 8. The van der Waals surface area contributed by atoms with Crippen LogP contribution in [0.25, 0.3) is 0 Å². The van der Waals surface area contributed by atoms with Gasteiger partial charge in [-0.05, 0) is 33.1 Å². The molecular weight excluding hydrogens is 318 g/mol. The third-order valence-electron chi connectivity index (χ3n) is 4.05. The third kappa shape index (κ3) is 4.96. The molecule has 3 rings (SSSR count). The molecule has 0 unspecified atom stereocenters. The normalized spacial score (nSPS) is 14.8. The van der Waals surface area contributed by atoms with Gasteiger partial charge in [-0.3, -0.25) is 0 Å². The van der Waals surface area contributed by atoms with E-state index in [4.69, 9.17) is 0 Å². The summed E-state index contributed by atoms with van der Waals surface area (Å²) in [5.41, 5.74) is 0. The highest BCUT2D eigenvalue weighted by atomic mass is 15.4. The van der Waals surface area contributed by atoms with Gasteiger partial charge in [0.05, 0.1) is 6.20 Å². The van der Waals surface area contributed by atoms with Gasteiger partial charge in [0.25, 0.3) is 0 Å². The van der Waals surface area contributed by atoms with E-state index in [1.165, 1.54) is 0 Å². The largest absolute Gasteiger partial charge is 0.353 e. The molecule has 1 N–H and O–H groups in total. The SMILES string of the molecule is CN(C)CCCNc1nncc(N2CCN(c3ncccn3)CC2)n1. The molecule has 9 nitrogen and oxygen atoms in total. The molecule has 3 heterocycles. The Kier molecular flexibility index (Phi) is 5.89. The summed E-state index contributed by atoms with van der Waals surface area (Å²) in [5.74, 6) is 2.23. The van der Waals surface area contributed by atoms with Crippen molar-refractivity contribution in [3.8, 4) is 0 Å². The number of nitrogens with one attached hydrogen (secondary N) is 1. The van der Waals surface area contributed by atoms with Gasteiger partial charge in [0.2, 0.25) is 11.9 Å². The van der Waals surface area contributed by atoms with Gasteiger partial charge in [-0.15, -0.1) is 5.10 Å². The maximum Gasteiger partial charge on any atom is 0.244 e. The van der Waals surface area contributed by atoms with Crippen molar-refractivity contribution < 1.29 is 0 Å². The number of aromatic nitrogens is 5. The van der Waals surface area contributed by atoms with Crippen molar-refractivity contribution in [2.24, 2.45) is 0 Å². The second-order valence-corrected chi connectivity index (χ2v) is 6.24. The first-order valence-electron chi connectivity index (χ1n) is 8.57. The van der Waals surface area contributed by atoms with Crippen molar-refractivity contribution in [2.75, 3.05) is 68.5 Å². The van der Waals surface area contributed by atoms with Crippen molar-refractivity contribution in [3.63, 3.8) is 0 Å². The average molecular weight is 343 g/mol. The van der Waals surface area contributed by atoms with E-state index in [0.717, 1.165) is 57.5 Å². The first-order chi connectivity index (χ1) is 12.2. The summed E-state index contributed by atoms with van der Waals surface area (Å²) < 4.78 is 0. The molecule has 9 heteroatoms. The van der Waals surface area contributed by atoms with E-state index >= 15 is 0 Å². The molecule has 1 aliphatic rings. The van der Waals surface area contributed by atoms with E-state index in [0.29, 0.717) is 5.95 Å². The van der Waals surface area contributed by atoms with E-state index in [9.17, 15) is 0 Å². The zero-order valence-corrected chi connectivity index (χ0v) is 14.8. The summed E-state index contributed by atoms with van der Waals surface area (Å²) in [6, 6.07) is 1.83. The molecule has 0 aromatic carbocycles. The summed E-state index contributed by atoms with van der Waals surface area (Å²) in [6.45, 7) is 5.30. The van der Waals surface area contributed by atoms with Crippen LogP contribution in [-0.2, 0) is 0 Å². The topological polar surface area (TPSA) is 86.2 Å². The molecule has 0 radical (unpaired) electrons.